The summed E-state index contributed by atoms with van der Waals surface area (Å²) in [4.78, 5) is 22.7. The van der Waals surface area contributed by atoms with Crippen molar-refractivity contribution in [2.24, 2.45) is 5.92 Å². The Kier molecular flexibility index (Phi) is 13.5. The van der Waals surface area contributed by atoms with Gasteiger partial charge in [-0.05, 0) is 49.7 Å². The summed E-state index contributed by atoms with van der Waals surface area (Å²) >= 11 is 3.77. The highest BCUT2D eigenvalue weighted by Crippen LogP contribution is 2.24. The van der Waals surface area contributed by atoms with E-state index < -0.39 is 17.1 Å². The van der Waals surface area contributed by atoms with Gasteiger partial charge in [-0.25, -0.2) is 23.3 Å². The van der Waals surface area contributed by atoms with Gasteiger partial charge in [-0.1, -0.05) is 24.3 Å². The monoisotopic (exact) mass is 529 g/mol. The molecule has 1 aliphatic rings. The molecule has 1 atom stereocenters. The molecule has 1 saturated heterocycles. The van der Waals surface area contributed by atoms with Crippen molar-refractivity contribution in [3.8, 4) is 0 Å². The third-order valence-corrected chi connectivity index (χ3v) is 6.10. The van der Waals surface area contributed by atoms with E-state index in [2.05, 4.69) is 31.5 Å². The molecule has 0 saturated carbocycles. The van der Waals surface area contributed by atoms with Gasteiger partial charge in [0.15, 0.2) is 0 Å². The zero-order chi connectivity index (χ0) is 25.5. The number of hydrogen-bond acceptors (Lipinski definition) is 6. The van der Waals surface area contributed by atoms with E-state index in [4.69, 9.17) is 20.9 Å². The topological polar surface area (TPSA) is 117 Å². The van der Waals surface area contributed by atoms with E-state index in [1.54, 1.807) is 18.5 Å². The quantitative estimate of drug-likeness (QED) is 0.137. The molecule has 2 rings (SSSR count). The molecule has 35 heavy (non-hydrogen) atoms. The Hall–Kier alpha value is -2.34. The number of nitrogens with one attached hydrogen (secondary N) is 2. The smallest absolute Gasteiger partial charge is 0.231 e. The number of carbonyl (C=O) groups is 1. The molecule has 0 aliphatic carbocycles. The molecular formula is C23H33ClFN5O4S. The second-order valence-corrected chi connectivity index (χ2v) is 9.32. The summed E-state index contributed by atoms with van der Waals surface area (Å²) in [7, 11) is 0. The summed E-state index contributed by atoms with van der Waals surface area (Å²) in [6, 6.07) is 0. The standard InChI is InChI=1S/C23H33ClFN5O4S/c1-18(25)20(15-22(31)26-9-4-10-29-35(32)33)6-3-14-34-13-2-5-19-7-11-30(12-8-19)23-27-16-21(24)17-28-23/h3,6,14,16-17,19,29H,1-2,4-5,7-13,15H2,(H,26,31)(H,32,33)/b14-3+,20-6-. The molecule has 12 heteroatoms. The summed E-state index contributed by atoms with van der Waals surface area (Å²) in [6.07, 6.45) is 12.2. The van der Waals surface area contributed by atoms with Crippen LogP contribution in [0.2, 0.25) is 5.02 Å². The van der Waals surface area contributed by atoms with Crippen molar-refractivity contribution in [2.75, 3.05) is 37.7 Å². The summed E-state index contributed by atoms with van der Waals surface area (Å²) in [6.45, 7) is 6.25. The molecule has 9 nitrogen and oxygen atoms in total. The van der Waals surface area contributed by atoms with Gasteiger partial charge >= 0.3 is 0 Å². The second kappa shape index (κ2) is 16.4. The summed E-state index contributed by atoms with van der Waals surface area (Å²) in [5, 5.41) is 3.16. The maximum Gasteiger partial charge on any atom is 0.231 e. The molecule has 1 aliphatic heterocycles. The normalized spacial score (nSPS) is 15.9. The lowest BCUT2D eigenvalue weighted by atomic mass is 9.92. The Labute approximate surface area is 213 Å². The van der Waals surface area contributed by atoms with Crippen molar-refractivity contribution < 1.29 is 22.7 Å². The van der Waals surface area contributed by atoms with Crippen molar-refractivity contribution in [3.63, 3.8) is 0 Å². The van der Waals surface area contributed by atoms with E-state index in [1.807, 2.05) is 0 Å². The number of allylic oxidation sites excluding steroid dienone is 3. The largest absolute Gasteiger partial charge is 0.501 e. The zero-order valence-electron chi connectivity index (χ0n) is 19.6. The first-order valence-electron chi connectivity index (χ1n) is 11.5. The van der Waals surface area contributed by atoms with E-state index in [1.165, 1.54) is 12.3 Å². The number of carbonyl (C=O) groups excluding carboxylic acids is 1. The Morgan fingerprint density at radius 1 is 1.31 bits per heavy atom. The van der Waals surface area contributed by atoms with Crippen molar-refractivity contribution >= 4 is 34.7 Å². The molecule has 3 N–H and O–H groups in total. The fourth-order valence-corrected chi connectivity index (χ4v) is 4.00. The van der Waals surface area contributed by atoms with Gasteiger partial charge in [-0.15, -0.1) is 0 Å². The van der Waals surface area contributed by atoms with Crippen molar-refractivity contribution in [2.45, 2.75) is 38.5 Å². The van der Waals surface area contributed by atoms with Gasteiger partial charge in [0.2, 0.25) is 23.1 Å². The van der Waals surface area contributed by atoms with Crippen LogP contribution in [0, 0.1) is 5.92 Å². The van der Waals surface area contributed by atoms with Crippen LogP contribution < -0.4 is 14.9 Å². The Morgan fingerprint density at radius 2 is 2.03 bits per heavy atom. The number of piperidine rings is 1. The number of aromatic nitrogens is 2. The summed E-state index contributed by atoms with van der Waals surface area (Å²) in [5.74, 6) is 0.310. The number of hydrogen-bond donors (Lipinski definition) is 3. The van der Waals surface area contributed by atoms with Crippen LogP contribution in [0.25, 0.3) is 0 Å². The number of amides is 1. The van der Waals surface area contributed by atoms with E-state index in [9.17, 15) is 13.4 Å². The minimum Gasteiger partial charge on any atom is -0.501 e. The lowest BCUT2D eigenvalue weighted by Gasteiger charge is -2.31. The fourth-order valence-electron chi connectivity index (χ4n) is 3.58. The highest BCUT2D eigenvalue weighted by Gasteiger charge is 2.20. The van der Waals surface area contributed by atoms with Crippen LogP contribution in [0.15, 0.2) is 48.8 Å². The highest BCUT2D eigenvalue weighted by molar-refractivity contribution is 7.77. The first-order chi connectivity index (χ1) is 16.8. The van der Waals surface area contributed by atoms with Crippen LogP contribution in [0.3, 0.4) is 0 Å². The van der Waals surface area contributed by atoms with Crippen LogP contribution in [0.1, 0.15) is 38.5 Å². The predicted molar refractivity (Wildman–Crippen MR) is 136 cm³/mol. The maximum absolute atomic E-state index is 13.6. The number of ether oxygens (including phenoxy) is 1. The molecular weight excluding hydrogens is 497 g/mol. The van der Waals surface area contributed by atoms with Gasteiger partial charge in [0.1, 0.15) is 5.83 Å². The SMILES string of the molecule is C=C(F)/C(=C\C=C\OCCCC1CCN(c2ncc(Cl)cn2)CC1)CC(=O)NCCCNS(=O)O. The van der Waals surface area contributed by atoms with E-state index in [0.717, 1.165) is 44.7 Å². The fraction of sp³-hybridized carbons (Fsp3) is 0.522. The lowest BCUT2D eigenvalue weighted by molar-refractivity contribution is -0.120. The second-order valence-electron chi connectivity index (χ2n) is 8.09. The van der Waals surface area contributed by atoms with Crippen molar-refractivity contribution in [1.82, 2.24) is 20.0 Å². The minimum absolute atomic E-state index is 0.154. The van der Waals surface area contributed by atoms with Crippen LogP contribution in [0.5, 0.6) is 0 Å². The molecule has 0 spiro atoms. The molecule has 2 heterocycles. The van der Waals surface area contributed by atoms with E-state index in [-0.39, 0.29) is 24.4 Å². The minimum atomic E-state index is -2.07. The third kappa shape index (κ3) is 12.3. The van der Waals surface area contributed by atoms with Gasteiger partial charge in [-0.3, -0.25) is 9.35 Å². The molecule has 1 aromatic heterocycles. The Balaban J connectivity index is 1.59. The lowest BCUT2D eigenvalue weighted by Crippen LogP contribution is -2.34. The van der Waals surface area contributed by atoms with Gasteiger partial charge < -0.3 is 15.0 Å². The molecule has 1 fully saturated rings. The molecule has 0 aromatic carbocycles. The highest BCUT2D eigenvalue weighted by atomic mass is 35.5. The molecule has 0 radical (unpaired) electrons. The number of halogens is 2. The van der Waals surface area contributed by atoms with Crippen LogP contribution in [-0.4, -0.2) is 57.4 Å². The van der Waals surface area contributed by atoms with Gasteiger partial charge in [0.05, 0.1) is 36.7 Å². The Morgan fingerprint density at radius 3 is 2.69 bits per heavy atom. The van der Waals surface area contributed by atoms with Crippen molar-refractivity contribution in [1.29, 1.82) is 0 Å². The van der Waals surface area contributed by atoms with Gasteiger partial charge in [0.25, 0.3) is 0 Å². The van der Waals surface area contributed by atoms with Crippen molar-refractivity contribution in [3.05, 3.63) is 53.8 Å². The zero-order valence-corrected chi connectivity index (χ0v) is 21.2. The average molecular weight is 530 g/mol. The summed E-state index contributed by atoms with van der Waals surface area (Å²) in [5.41, 5.74) is 0.161. The third-order valence-electron chi connectivity index (χ3n) is 5.45. The summed E-state index contributed by atoms with van der Waals surface area (Å²) < 4.78 is 40.5. The van der Waals surface area contributed by atoms with Crippen LogP contribution in [0.4, 0.5) is 10.3 Å². The number of rotatable bonds is 15. The molecule has 1 unspecified atom stereocenters. The van der Waals surface area contributed by atoms with E-state index >= 15 is 0 Å². The molecule has 1 aromatic rings. The first-order valence-corrected chi connectivity index (χ1v) is 13.0. The maximum atomic E-state index is 13.6. The van der Waals surface area contributed by atoms with Crippen LogP contribution in [-0.2, 0) is 20.8 Å². The molecule has 0 bridgehead atoms. The predicted octanol–water partition coefficient (Wildman–Crippen LogP) is 3.69. The number of nitrogens with zero attached hydrogens (tertiary/aromatic N) is 3. The van der Waals surface area contributed by atoms with Crippen LogP contribution >= 0.6 is 11.6 Å². The number of anilines is 1. The first kappa shape index (κ1) is 28.9. The van der Waals surface area contributed by atoms with Gasteiger partial charge in [0, 0.05) is 26.2 Å². The average Bonchev–Trinajstić information content (AvgIpc) is 2.83. The molecule has 1 amide bonds. The van der Waals surface area contributed by atoms with Gasteiger partial charge in [-0.2, -0.15) is 0 Å². The molecule has 194 valence electrons. The van der Waals surface area contributed by atoms with E-state index in [0.29, 0.717) is 30.5 Å². The Bertz CT molecular complexity index is 892.